The van der Waals surface area contributed by atoms with Crippen molar-refractivity contribution in [2.75, 3.05) is 40.5 Å². The van der Waals surface area contributed by atoms with Crippen LogP contribution in [0.2, 0.25) is 0 Å². The number of unbranched alkanes of at least 4 members (excludes halogenated alkanes) is 13. The topological polar surface area (TPSA) is 94.1 Å². The molecule has 0 amide bonds. The number of esters is 1. The maximum absolute atomic E-state index is 12.4. The van der Waals surface area contributed by atoms with Crippen molar-refractivity contribution in [2.24, 2.45) is 5.92 Å². The minimum atomic E-state index is -4.49. The van der Waals surface area contributed by atoms with Crippen molar-refractivity contribution in [2.45, 2.75) is 141 Å². The monoisotopic (exact) mass is 575 g/mol. The SMILES string of the molecule is CCCCCCCCCCCCCCCCOCC(COP(=O)([O-])OCC1CC2CCC1[N+]2(C)C)OC(C)=O. The molecule has 0 saturated carbocycles. The number of ether oxygens (including phenoxy) is 2. The number of rotatable bonds is 24. The first-order valence-corrected chi connectivity index (χ1v) is 17.3. The van der Waals surface area contributed by atoms with Crippen molar-refractivity contribution in [3.63, 3.8) is 0 Å². The molecule has 0 N–H and O–H groups in total. The Labute approximate surface area is 238 Å². The molecule has 9 heteroatoms. The summed E-state index contributed by atoms with van der Waals surface area (Å²) in [6.07, 6.45) is 20.7. The number of phosphoric acid groups is 1. The van der Waals surface area contributed by atoms with Crippen LogP contribution in [-0.2, 0) is 27.9 Å². The van der Waals surface area contributed by atoms with Crippen LogP contribution in [0.25, 0.3) is 0 Å². The lowest BCUT2D eigenvalue weighted by molar-refractivity contribution is -0.913. The smallest absolute Gasteiger partial charge is 0.303 e. The first-order chi connectivity index (χ1) is 18.7. The van der Waals surface area contributed by atoms with Crippen LogP contribution in [0, 0.1) is 5.92 Å². The summed E-state index contributed by atoms with van der Waals surface area (Å²) in [7, 11) is -0.0456. The van der Waals surface area contributed by atoms with Crippen LogP contribution < -0.4 is 4.89 Å². The van der Waals surface area contributed by atoms with Gasteiger partial charge < -0.3 is 27.9 Å². The van der Waals surface area contributed by atoms with Crippen LogP contribution in [-0.4, -0.2) is 69.2 Å². The van der Waals surface area contributed by atoms with E-state index in [1.807, 2.05) is 0 Å². The molecule has 0 aliphatic carbocycles. The zero-order chi connectivity index (χ0) is 28.6. The van der Waals surface area contributed by atoms with Gasteiger partial charge in [0, 0.05) is 38.7 Å². The number of carbonyl (C=O) groups excluding carboxylic acids is 1. The maximum atomic E-state index is 12.4. The molecule has 39 heavy (non-hydrogen) atoms. The van der Waals surface area contributed by atoms with Gasteiger partial charge in [-0.05, 0) is 6.42 Å². The second-order valence-electron chi connectivity index (χ2n) is 12.4. The standard InChI is InChI=1S/C30H58NO7P/c1-5-6-7-8-9-10-11-12-13-14-15-16-17-18-21-35-24-29(38-26(2)32)25-37-39(33,34)36-23-27-22-28-19-20-30(27)31(28,3)4/h27-30H,5-25H2,1-4H3. The van der Waals surface area contributed by atoms with Gasteiger partial charge in [-0.3, -0.25) is 9.36 Å². The molecule has 230 valence electrons. The number of carbonyl (C=O) groups is 1. The lowest BCUT2D eigenvalue weighted by Gasteiger charge is -2.32. The van der Waals surface area contributed by atoms with Crippen LogP contribution in [0.5, 0.6) is 0 Å². The summed E-state index contributed by atoms with van der Waals surface area (Å²) in [4.78, 5) is 23.8. The van der Waals surface area contributed by atoms with Gasteiger partial charge in [0.25, 0.3) is 7.82 Å². The molecule has 5 atom stereocenters. The molecule has 0 aromatic heterocycles. The molecule has 2 bridgehead atoms. The summed E-state index contributed by atoms with van der Waals surface area (Å²) >= 11 is 0. The van der Waals surface area contributed by atoms with E-state index in [2.05, 4.69) is 21.0 Å². The molecular formula is C30H58NO7P. The lowest BCUT2D eigenvalue weighted by atomic mass is 9.90. The third kappa shape index (κ3) is 13.8. The largest absolute Gasteiger partial charge is 0.756 e. The molecule has 2 aliphatic rings. The quantitative estimate of drug-likeness (QED) is 0.0558. The highest BCUT2D eigenvalue weighted by molar-refractivity contribution is 7.45. The van der Waals surface area contributed by atoms with Gasteiger partial charge in [-0.1, -0.05) is 90.4 Å². The minimum absolute atomic E-state index is 0.107. The minimum Gasteiger partial charge on any atom is -0.756 e. The van der Waals surface area contributed by atoms with Crippen molar-refractivity contribution >= 4 is 13.8 Å². The third-order valence-electron chi connectivity index (χ3n) is 8.85. The Morgan fingerprint density at radius 2 is 1.44 bits per heavy atom. The Morgan fingerprint density at radius 1 is 0.872 bits per heavy atom. The summed E-state index contributed by atoms with van der Waals surface area (Å²) in [6.45, 7) is 4.08. The van der Waals surface area contributed by atoms with E-state index >= 15 is 0 Å². The summed E-state index contributed by atoms with van der Waals surface area (Å²) < 4.78 is 34.5. The van der Waals surface area contributed by atoms with Crippen LogP contribution >= 0.6 is 7.82 Å². The highest BCUT2D eigenvalue weighted by atomic mass is 31.2. The van der Waals surface area contributed by atoms with Gasteiger partial charge >= 0.3 is 5.97 Å². The van der Waals surface area contributed by atoms with E-state index in [0.29, 0.717) is 18.7 Å². The molecule has 2 aliphatic heterocycles. The lowest BCUT2D eigenvalue weighted by Crippen LogP contribution is -2.45. The highest BCUT2D eigenvalue weighted by Crippen LogP contribution is 2.47. The van der Waals surface area contributed by atoms with Gasteiger partial charge in [-0.15, -0.1) is 0 Å². The molecule has 2 rings (SSSR count). The fourth-order valence-corrected chi connectivity index (χ4v) is 7.31. The van der Waals surface area contributed by atoms with Crippen molar-refractivity contribution in [1.82, 2.24) is 0 Å². The van der Waals surface area contributed by atoms with E-state index in [4.69, 9.17) is 18.5 Å². The Bertz CT molecular complexity index is 719. The van der Waals surface area contributed by atoms with Crippen molar-refractivity contribution in [3.05, 3.63) is 0 Å². The Kier molecular flexibility index (Phi) is 16.8. The van der Waals surface area contributed by atoms with Gasteiger partial charge in [-0.25, -0.2) is 0 Å². The summed E-state index contributed by atoms with van der Waals surface area (Å²) in [5.74, 6) is -0.269. The van der Waals surface area contributed by atoms with Gasteiger partial charge in [-0.2, -0.15) is 0 Å². The predicted molar refractivity (Wildman–Crippen MR) is 153 cm³/mol. The molecule has 2 heterocycles. The molecule has 8 nitrogen and oxygen atoms in total. The van der Waals surface area contributed by atoms with E-state index in [-0.39, 0.29) is 25.7 Å². The Balaban J connectivity index is 1.48. The number of hydrogen-bond donors (Lipinski definition) is 0. The molecule has 0 spiro atoms. The van der Waals surface area contributed by atoms with Crippen LogP contribution in [0.15, 0.2) is 0 Å². The first kappa shape index (κ1) is 34.7. The molecule has 0 aromatic rings. The predicted octanol–water partition coefficient (Wildman–Crippen LogP) is 6.54. The summed E-state index contributed by atoms with van der Waals surface area (Å²) in [5.41, 5.74) is 0. The fraction of sp³-hybridized carbons (Fsp3) is 0.967. The van der Waals surface area contributed by atoms with E-state index in [0.717, 1.165) is 30.2 Å². The second kappa shape index (κ2) is 18.8. The normalized spacial score (nSPS) is 24.1. The molecule has 2 saturated heterocycles. The molecule has 5 unspecified atom stereocenters. The van der Waals surface area contributed by atoms with Gasteiger partial charge in [0.1, 0.15) is 6.10 Å². The molecular weight excluding hydrogens is 517 g/mol. The number of fused-ring (bicyclic) bond motifs is 2. The Morgan fingerprint density at radius 3 is 1.92 bits per heavy atom. The number of quaternary nitrogens is 1. The average molecular weight is 576 g/mol. The van der Waals surface area contributed by atoms with Gasteiger partial charge in [0.05, 0.1) is 46.0 Å². The van der Waals surface area contributed by atoms with Crippen LogP contribution in [0.3, 0.4) is 0 Å². The van der Waals surface area contributed by atoms with Crippen LogP contribution in [0.4, 0.5) is 0 Å². The number of nitrogens with zero attached hydrogens (tertiary/aromatic N) is 1. The van der Waals surface area contributed by atoms with E-state index < -0.39 is 19.9 Å². The zero-order valence-corrected chi connectivity index (χ0v) is 26.3. The van der Waals surface area contributed by atoms with E-state index in [1.54, 1.807) is 0 Å². The maximum Gasteiger partial charge on any atom is 0.303 e. The Hall–Kier alpha value is -0.500. The van der Waals surface area contributed by atoms with E-state index in [9.17, 15) is 14.3 Å². The molecule has 0 aromatic carbocycles. The third-order valence-corrected chi connectivity index (χ3v) is 9.78. The number of phosphoric ester groups is 1. The van der Waals surface area contributed by atoms with Crippen molar-refractivity contribution in [3.8, 4) is 0 Å². The van der Waals surface area contributed by atoms with E-state index in [1.165, 1.54) is 90.4 Å². The first-order valence-electron chi connectivity index (χ1n) is 15.8. The summed E-state index contributed by atoms with van der Waals surface area (Å²) in [6, 6.07) is 1.02. The molecule has 0 radical (unpaired) electrons. The van der Waals surface area contributed by atoms with Crippen LogP contribution in [0.1, 0.15) is 123 Å². The fourth-order valence-electron chi connectivity index (χ4n) is 6.52. The second-order valence-corrected chi connectivity index (χ2v) is 13.8. The average Bonchev–Trinajstić information content (AvgIpc) is 3.31. The highest BCUT2D eigenvalue weighted by Gasteiger charge is 2.54. The zero-order valence-electron chi connectivity index (χ0n) is 25.4. The number of hydrogen-bond acceptors (Lipinski definition) is 7. The van der Waals surface area contributed by atoms with Crippen molar-refractivity contribution < 1.29 is 37.3 Å². The summed E-state index contributed by atoms with van der Waals surface area (Å²) in [5, 5.41) is 0. The van der Waals surface area contributed by atoms with Crippen molar-refractivity contribution in [1.29, 1.82) is 0 Å². The van der Waals surface area contributed by atoms with Gasteiger partial charge in [0.15, 0.2) is 0 Å². The molecule has 2 fully saturated rings. The van der Waals surface area contributed by atoms with Gasteiger partial charge in [0.2, 0.25) is 0 Å².